The Hall–Kier alpha value is -3.78. The van der Waals surface area contributed by atoms with Crippen LogP contribution in [0.4, 0.5) is 4.39 Å². The predicted molar refractivity (Wildman–Crippen MR) is 140 cm³/mol. The number of carbonyl (C=O) groups excluding carboxylic acids is 1. The highest BCUT2D eigenvalue weighted by molar-refractivity contribution is 6.03. The lowest BCUT2D eigenvalue weighted by atomic mass is 9.90. The highest BCUT2D eigenvalue weighted by Gasteiger charge is 2.32. The topological polar surface area (TPSA) is 64.7 Å². The Bertz CT molecular complexity index is 1540. The van der Waals surface area contributed by atoms with Crippen LogP contribution in [-0.2, 0) is 16.1 Å². The van der Waals surface area contributed by atoms with Crippen LogP contribution in [0.25, 0.3) is 27.7 Å². The van der Waals surface area contributed by atoms with Crippen LogP contribution in [0, 0.1) is 5.82 Å². The van der Waals surface area contributed by atoms with Gasteiger partial charge in [0.15, 0.2) is 0 Å². The van der Waals surface area contributed by atoms with Crippen molar-refractivity contribution in [3.05, 3.63) is 71.4 Å². The maximum atomic E-state index is 13.9. The van der Waals surface area contributed by atoms with E-state index in [1.807, 2.05) is 34.1 Å². The van der Waals surface area contributed by atoms with Crippen LogP contribution < -0.4 is 0 Å². The van der Waals surface area contributed by atoms with Crippen molar-refractivity contribution in [1.82, 2.24) is 19.2 Å². The number of rotatable bonds is 4. The van der Waals surface area contributed by atoms with E-state index in [1.54, 1.807) is 6.92 Å². The van der Waals surface area contributed by atoms with Crippen LogP contribution in [0.5, 0.6) is 0 Å². The molecular weight excluding hydrogens is 469 g/mol. The summed E-state index contributed by atoms with van der Waals surface area (Å²) in [5.74, 6) is 0.149. The average Bonchev–Trinajstić information content (AvgIpc) is 3.60. The molecule has 2 aromatic carbocycles. The smallest absolute Gasteiger partial charge is 0.219 e. The molecule has 0 bridgehead atoms. The zero-order valence-corrected chi connectivity index (χ0v) is 20.7. The number of ether oxygens (including phenoxy) is 1. The van der Waals surface area contributed by atoms with Gasteiger partial charge in [0, 0.05) is 79.5 Å². The lowest BCUT2D eigenvalue weighted by Crippen LogP contribution is -2.49. The fourth-order valence-electron chi connectivity index (χ4n) is 5.99. The SMILES string of the molecule is CC(=O)N1CC(n2cc(-c3c(C4CCOCC4)n(-c4ccc(F)cc4)c4cc5c(cc34)CN=C5)cn2)C1. The molecular formula is C29H28FN5O2. The number of amides is 1. The van der Waals surface area contributed by atoms with E-state index in [0.717, 1.165) is 53.8 Å². The lowest BCUT2D eigenvalue weighted by Gasteiger charge is -2.38. The molecule has 8 heteroatoms. The van der Waals surface area contributed by atoms with E-state index >= 15 is 0 Å². The van der Waals surface area contributed by atoms with Gasteiger partial charge in [-0.3, -0.25) is 14.5 Å². The Balaban J connectivity index is 1.44. The molecule has 188 valence electrons. The summed E-state index contributed by atoms with van der Waals surface area (Å²) >= 11 is 0. The van der Waals surface area contributed by atoms with Gasteiger partial charge in [0.1, 0.15) is 5.82 Å². The molecule has 2 saturated heterocycles. The fourth-order valence-corrected chi connectivity index (χ4v) is 5.99. The number of aromatic nitrogens is 3. The first-order chi connectivity index (χ1) is 18.1. The van der Waals surface area contributed by atoms with Gasteiger partial charge in [-0.15, -0.1) is 0 Å². The van der Waals surface area contributed by atoms with Gasteiger partial charge >= 0.3 is 0 Å². The van der Waals surface area contributed by atoms with Crippen molar-refractivity contribution in [2.24, 2.45) is 4.99 Å². The van der Waals surface area contributed by atoms with Crippen molar-refractivity contribution in [3.8, 4) is 16.8 Å². The van der Waals surface area contributed by atoms with E-state index in [0.29, 0.717) is 25.6 Å². The average molecular weight is 498 g/mol. The minimum absolute atomic E-state index is 0.101. The van der Waals surface area contributed by atoms with Crippen molar-refractivity contribution >= 4 is 23.0 Å². The first kappa shape index (κ1) is 22.4. The lowest BCUT2D eigenvalue weighted by molar-refractivity contribution is -0.134. The van der Waals surface area contributed by atoms with Gasteiger partial charge in [0.2, 0.25) is 5.91 Å². The van der Waals surface area contributed by atoms with Gasteiger partial charge in [-0.1, -0.05) is 0 Å². The second-order valence-electron chi connectivity index (χ2n) is 10.3. The fraction of sp³-hybridized carbons (Fsp3) is 0.345. The maximum absolute atomic E-state index is 13.9. The molecule has 5 heterocycles. The molecule has 37 heavy (non-hydrogen) atoms. The zero-order valence-electron chi connectivity index (χ0n) is 20.7. The van der Waals surface area contributed by atoms with Crippen LogP contribution in [0.15, 0.2) is 53.8 Å². The molecule has 0 N–H and O–H groups in total. The van der Waals surface area contributed by atoms with E-state index in [-0.39, 0.29) is 17.8 Å². The molecule has 3 aliphatic heterocycles. The molecule has 4 aromatic rings. The predicted octanol–water partition coefficient (Wildman–Crippen LogP) is 4.86. The molecule has 0 radical (unpaired) electrons. The highest BCUT2D eigenvalue weighted by Crippen LogP contribution is 2.44. The van der Waals surface area contributed by atoms with Crippen LogP contribution >= 0.6 is 0 Å². The number of halogens is 1. The molecule has 3 aliphatic rings. The Morgan fingerprint density at radius 2 is 1.89 bits per heavy atom. The number of likely N-dealkylation sites (tertiary alicyclic amines) is 1. The molecule has 7 nitrogen and oxygen atoms in total. The summed E-state index contributed by atoms with van der Waals surface area (Å²) in [7, 11) is 0. The van der Waals surface area contributed by atoms with E-state index in [4.69, 9.17) is 9.84 Å². The summed E-state index contributed by atoms with van der Waals surface area (Å²) in [5, 5.41) is 5.90. The third kappa shape index (κ3) is 3.70. The number of fused-ring (bicyclic) bond motifs is 2. The van der Waals surface area contributed by atoms with Crippen LogP contribution in [0.1, 0.15) is 48.5 Å². The summed E-state index contributed by atoms with van der Waals surface area (Å²) in [6.45, 7) is 5.11. The van der Waals surface area contributed by atoms with Crippen molar-refractivity contribution in [2.75, 3.05) is 26.3 Å². The quantitative estimate of drug-likeness (QED) is 0.404. The number of hydrogen-bond acceptors (Lipinski definition) is 4. The summed E-state index contributed by atoms with van der Waals surface area (Å²) in [6.07, 6.45) is 7.87. The monoisotopic (exact) mass is 497 g/mol. The maximum Gasteiger partial charge on any atom is 0.219 e. The Morgan fingerprint density at radius 1 is 1.11 bits per heavy atom. The van der Waals surface area contributed by atoms with E-state index in [9.17, 15) is 9.18 Å². The van der Waals surface area contributed by atoms with E-state index < -0.39 is 0 Å². The van der Waals surface area contributed by atoms with E-state index in [2.05, 4.69) is 27.9 Å². The van der Waals surface area contributed by atoms with Crippen molar-refractivity contribution in [3.63, 3.8) is 0 Å². The van der Waals surface area contributed by atoms with Gasteiger partial charge in [0.25, 0.3) is 0 Å². The third-order valence-electron chi connectivity index (χ3n) is 8.02. The van der Waals surface area contributed by atoms with Gasteiger partial charge < -0.3 is 14.2 Å². The minimum atomic E-state index is -0.248. The van der Waals surface area contributed by atoms with Gasteiger partial charge in [0.05, 0.1) is 24.3 Å². The summed E-state index contributed by atoms with van der Waals surface area (Å²) in [4.78, 5) is 18.0. The molecule has 0 saturated carbocycles. The summed E-state index contributed by atoms with van der Waals surface area (Å²) in [5.41, 5.74) is 7.85. The Kier molecular flexibility index (Phi) is 5.25. The van der Waals surface area contributed by atoms with Crippen LogP contribution in [-0.4, -0.2) is 57.7 Å². The standard InChI is InChI=1S/C29H28FN5O2/c1-18(36)33-16-25(17-33)34-15-22(14-32-34)28-26-10-20-12-31-13-21(20)11-27(26)35(24-4-2-23(30)3-5-24)29(28)19-6-8-37-9-7-19/h2-5,10-11,13-15,19,25H,6-9,12,16-17H2,1H3. The molecule has 2 fully saturated rings. The van der Waals surface area contributed by atoms with E-state index in [1.165, 1.54) is 29.0 Å². The Labute approximate surface area is 214 Å². The van der Waals surface area contributed by atoms with Crippen molar-refractivity contribution < 1.29 is 13.9 Å². The first-order valence-corrected chi connectivity index (χ1v) is 12.9. The number of hydrogen-bond donors (Lipinski definition) is 0. The first-order valence-electron chi connectivity index (χ1n) is 12.9. The largest absolute Gasteiger partial charge is 0.381 e. The molecule has 0 spiro atoms. The second-order valence-corrected chi connectivity index (χ2v) is 10.3. The third-order valence-corrected chi connectivity index (χ3v) is 8.02. The summed E-state index contributed by atoms with van der Waals surface area (Å²) < 4.78 is 24.0. The normalized spacial score (nSPS) is 17.9. The highest BCUT2D eigenvalue weighted by atomic mass is 19.1. The number of benzene rings is 2. The second kappa shape index (κ2) is 8.66. The van der Waals surface area contributed by atoms with Gasteiger partial charge in [-0.25, -0.2) is 4.39 Å². The van der Waals surface area contributed by atoms with Crippen LogP contribution in [0.2, 0.25) is 0 Å². The number of carbonyl (C=O) groups is 1. The van der Waals surface area contributed by atoms with Crippen LogP contribution in [0.3, 0.4) is 0 Å². The van der Waals surface area contributed by atoms with Gasteiger partial charge in [-0.2, -0.15) is 5.10 Å². The molecule has 7 rings (SSSR count). The van der Waals surface area contributed by atoms with Crippen molar-refractivity contribution in [2.45, 2.75) is 38.3 Å². The molecule has 0 aliphatic carbocycles. The minimum Gasteiger partial charge on any atom is -0.381 e. The number of nitrogens with zero attached hydrogens (tertiary/aromatic N) is 5. The Morgan fingerprint density at radius 3 is 2.65 bits per heavy atom. The molecule has 0 atom stereocenters. The van der Waals surface area contributed by atoms with Crippen molar-refractivity contribution in [1.29, 1.82) is 0 Å². The summed E-state index contributed by atoms with van der Waals surface area (Å²) in [6, 6.07) is 11.4. The number of aliphatic imine (C=N–C) groups is 1. The zero-order chi connectivity index (χ0) is 25.1. The van der Waals surface area contributed by atoms with Gasteiger partial charge in [-0.05, 0) is 60.4 Å². The molecule has 2 aromatic heterocycles. The molecule has 0 unspecified atom stereocenters. The molecule has 1 amide bonds.